The molecule has 0 spiro atoms. The lowest BCUT2D eigenvalue weighted by Crippen LogP contribution is -2.37. The summed E-state index contributed by atoms with van der Waals surface area (Å²) in [6.45, 7) is 8.75. The minimum absolute atomic E-state index is 0.338. The monoisotopic (exact) mass is 367 g/mol. The molecule has 136 valence electrons. The lowest BCUT2D eigenvalue weighted by molar-refractivity contribution is 0.414. The molecule has 0 aromatic heterocycles. The number of hydrogen-bond acceptors (Lipinski definition) is 4. The summed E-state index contributed by atoms with van der Waals surface area (Å²) < 4.78 is 5.37. The number of nitrogens with zero attached hydrogens (tertiary/aromatic N) is 1. The molecule has 1 heterocycles. The fraction of sp³-hybridized carbons (Fsp3) is 0.364. The zero-order chi connectivity index (χ0) is 18.8. The Kier molecular flexibility index (Phi) is 5.45. The Labute approximate surface area is 160 Å². The van der Waals surface area contributed by atoms with Crippen LogP contribution in [0.25, 0.3) is 5.57 Å². The molecular weight excluding hydrogens is 342 g/mol. The number of ether oxygens (including phenoxy) is 1. The second kappa shape index (κ2) is 7.61. The molecule has 26 heavy (non-hydrogen) atoms. The Bertz CT molecular complexity index is 858. The molecular formula is C22H25NO2S. The highest BCUT2D eigenvalue weighted by molar-refractivity contribution is 7.99. The van der Waals surface area contributed by atoms with Crippen molar-refractivity contribution in [1.29, 1.82) is 0 Å². The minimum Gasteiger partial charge on any atom is -0.497 e. The van der Waals surface area contributed by atoms with Crippen molar-refractivity contribution >= 4 is 29.0 Å². The van der Waals surface area contributed by atoms with E-state index < -0.39 is 0 Å². The molecule has 0 fully saturated rings. The van der Waals surface area contributed by atoms with Crippen LogP contribution in [-0.2, 0) is 11.2 Å². The van der Waals surface area contributed by atoms with Crippen molar-refractivity contribution in [2.24, 2.45) is 0 Å². The number of hydrogen-bond donors (Lipinski definition) is 0. The molecule has 0 saturated heterocycles. The van der Waals surface area contributed by atoms with E-state index >= 15 is 0 Å². The molecule has 0 saturated carbocycles. The van der Waals surface area contributed by atoms with Crippen molar-refractivity contribution in [2.75, 3.05) is 12.0 Å². The van der Waals surface area contributed by atoms with E-state index in [-0.39, 0.29) is 0 Å². The second-order valence-electron chi connectivity index (χ2n) is 7.08. The summed E-state index contributed by atoms with van der Waals surface area (Å²) in [5.74, 6) is 3.05. The predicted octanol–water partition coefficient (Wildman–Crippen LogP) is 5.24. The van der Waals surface area contributed by atoms with Gasteiger partial charge in [0.2, 0.25) is 0 Å². The van der Waals surface area contributed by atoms with E-state index in [2.05, 4.69) is 62.8 Å². The summed E-state index contributed by atoms with van der Waals surface area (Å²) in [5.41, 5.74) is 3.94. The standard InChI is InChI=1S/C22H25NO2S/c1-14(2)23(15(3)4)19-7-6-8-21-22(19)17(13-24)11-16-12-18(25-5)9-10-20(16)26-21/h6-10,12,14-15H,11H2,1-5H3. The van der Waals surface area contributed by atoms with Gasteiger partial charge in [-0.15, -0.1) is 0 Å². The van der Waals surface area contributed by atoms with Crippen LogP contribution in [-0.4, -0.2) is 25.1 Å². The van der Waals surface area contributed by atoms with E-state index in [4.69, 9.17) is 4.74 Å². The Hall–Kier alpha value is -2.16. The lowest BCUT2D eigenvalue weighted by atomic mass is 9.96. The molecule has 2 aromatic rings. The zero-order valence-electron chi connectivity index (χ0n) is 16.0. The fourth-order valence-corrected chi connectivity index (χ4v) is 4.79. The van der Waals surface area contributed by atoms with E-state index in [0.717, 1.165) is 32.4 Å². The Morgan fingerprint density at radius 3 is 2.42 bits per heavy atom. The Balaban J connectivity index is 2.19. The number of methoxy groups -OCH3 is 1. The predicted molar refractivity (Wildman–Crippen MR) is 109 cm³/mol. The number of anilines is 1. The number of carbonyl (C=O) groups excluding carboxylic acids is 1. The number of allylic oxidation sites excluding steroid dienone is 1. The lowest BCUT2D eigenvalue weighted by Gasteiger charge is -2.35. The second-order valence-corrected chi connectivity index (χ2v) is 8.16. The third-order valence-electron chi connectivity index (χ3n) is 4.67. The summed E-state index contributed by atoms with van der Waals surface area (Å²) in [6, 6.07) is 13.0. The van der Waals surface area contributed by atoms with Gasteiger partial charge >= 0.3 is 0 Å². The third-order valence-corrected chi connectivity index (χ3v) is 5.85. The molecule has 4 heteroatoms. The van der Waals surface area contributed by atoms with Crippen LogP contribution < -0.4 is 9.64 Å². The van der Waals surface area contributed by atoms with Gasteiger partial charge in [0, 0.05) is 39.5 Å². The molecule has 0 amide bonds. The van der Waals surface area contributed by atoms with Gasteiger partial charge in [-0.1, -0.05) is 17.8 Å². The number of fused-ring (bicyclic) bond motifs is 2. The van der Waals surface area contributed by atoms with Gasteiger partial charge < -0.3 is 9.64 Å². The van der Waals surface area contributed by atoms with Gasteiger partial charge in [-0.25, -0.2) is 4.79 Å². The molecule has 0 bridgehead atoms. The summed E-state index contributed by atoms with van der Waals surface area (Å²) in [5, 5.41) is 0. The van der Waals surface area contributed by atoms with Crippen LogP contribution in [0, 0.1) is 0 Å². The first-order chi connectivity index (χ1) is 12.5. The average Bonchev–Trinajstić information content (AvgIpc) is 2.77. The summed E-state index contributed by atoms with van der Waals surface area (Å²) in [4.78, 5) is 16.6. The van der Waals surface area contributed by atoms with Gasteiger partial charge in [-0.2, -0.15) is 0 Å². The molecule has 1 aliphatic rings. The molecule has 1 aliphatic heterocycles. The smallest absolute Gasteiger partial charge is 0.129 e. The van der Waals surface area contributed by atoms with Gasteiger partial charge in [0.15, 0.2) is 0 Å². The number of rotatable bonds is 4. The molecule has 0 unspecified atom stereocenters. The van der Waals surface area contributed by atoms with E-state index in [9.17, 15) is 4.79 Å². The normalized spacial score (nSPS) is 13.1. The minimum atomic E-state index is 0.338. The van der Waals surface area contributed by atoms with Crippen LogP contribution in [0.5, 0.6) is 5.75 Å². The van der Waals surface area contributed by atoms with Crippen LogP contribution in [0.2, 0.25) is 0 Å². The highest BCUT2D eigenvalue weighted by atomic mass is 32.2. The van der Waals surface area contributed by atoms with Crippen LogP contribution in [0.4, 0.5) is 5.69 Å². The van der Waals surface area contributed by atoms with E-state index in [0.29, 0.717) is 24.1 Å². The maximum atomic E-state index is 11.9. The average molecular weight is 368 g/mol. The summed E-state index contributed by atoms with van der Waals surface area (Å²) >= 11 is 1.71. The molecule has 0 N–H and O–H groups in total. The third kappa shape index (κ3) is 3.40. The SMILES string of the molecule is COc1ccc2c(c1)CC(=C=O)c1c(cccc1N(C(C)C)C(C)C)S2. The first-order valence-electron chi connectivity index (χ1n) is 8.96. The maximum Gasteiger partial charge on any atom is 0.129 e. The quantitative estimate of drug-likeness (QED) is 0.691. The largest absolute Gasteiger partial charge is 0.497 e. The van der Waals surface area contributed by atoms with Crippen molar-refractivity contribution in [3.05, 3.63) is 47.5 Å². The zero-order valence-corrected chi connectivity index (χ0v) is 16.8. The topological polar surface area (TPSA) is 29.5 Å². The van der Waals surface area contributed by atoms with Crippen molar-refractivity contribution in [1.82, 2.24) is 0 Å². The molecule has 3 nitrogen and oxygen atoms in total. The first-order valence-corrected chi connectivity index (χ1v) is 9.78. The van der Waals surface area contributed by atoms with Gasteiger partial charge in [-0.05, 0) is 63.6 Å². The van der Waals surface area contributed by atoms with E-state index in [1.807, 2.05) is 12.1 Å². The van der Waals surface area contributed by atoms with Crippen molar-refractivity contribution in [2.45, 2.75) is 56.0 Å². The van der Waals surface area contributed by atoms with Gasteiger partial charge in [-0.3, -0.25) is 0 Å². The Morgan fingerprint density at radius 1 is 1.08 bits per heavy atom. The molecule has 0 atom stereocenters. The van der Waals surface area contributed by atoms with Gasteiger partial charge in [0.25, 0.3) is 0 Å². The van der Waals surface area contributed by atoms with Crippen molar-refractivity contribution in [3.63, 3.8) is 0 Å². The maximum absolute atomic E-state index is 11.9. The highest BCUT2D eigenvalue weighted by Crippen LogP contribution is 2.45. The number of benzene rings is 2. The summed E-state index contributed by atoms with van der Waals surface area (Å²) in [6.07, 6.45) is 0.567. The van der Waals surface area contributed by atoms with E-state index in [1.165, 1.54) is 0 Å². The highest BCUT2D eigenvalue weighted by Gasteiger charge is 2.26. The fourth-order valence-electron chi connectivity index (χ4n) is 3.68. The van der Waals surface area contributed by atoms with Crippen LogP contribution in [0.15, 0.2) is 46.2 Å². The van der Waals surface area contributed by atoms with Crippen molar-refractivity contribution in [3.8, 4) is 5.75 Å². The van der Waals surface area contributed by atoms with Crippen LogP contribution in [0.3, 0.4) is 0 Å². The van der Waals surface area contributed by atoms with Crippen LogP contribution in [0.1, 0.15) is 38.8 Å². The Morgan fingerprint density at radius 2 is 1.81 bits per heavy atom. The first kappa shape index (κ1) is 18.6. The van der Waals surface area contributed by atoms with E-state index in [1.54, 1.807) is 18.9 Å². The molecule has 0 radical (unpaired) electrons. The molecule has 3 rings (SSSR count). The van der Waals surface area contributed by atoms with Crippen molar-refractivity contribution < 1.29 is 9.53 Å². The van der Waals surface area contributed by atoms with Gasteiger partial charge in [0.1, 0.15) is 11.7 Å². The molecule has 0 aliphatic carbocycles. The van der Waals surface area contributed by atoms with Crippen LogP contribution >= 0.6 is 11.8 Å². The van der Waals surface area contributed by atoms with Gasteiger partial charge in [0.05, 0.1) is 12.7 Å². The molecule has 2 aromatic carbocycles. The summed E-state index contributed by atoms with van der Waals surface area (Å²) in [7, 11) is 1.66.